The molecule has 0 spiro atoms. The molecule has 0 aromatic heterocycles. The fourth-order valence-corrected chi connectivity index (χ4v) is 3.20. The van der Waals surface area contributed by atoms with Crippen LogP contribution in [0, 0.1) is 23.7 Å². The monoisotopic (exact) mass is 254 g/mol. The zero-order chi connectivity index (χ0) is 13.4. The topological polar surface area (TPSA) is 112 Å². The van der Waals surface area contributed by atoms with E-state index in [1.54, 1.807) is 6.08 Å². The minimum absolute atomic E-state index is 0.0598. The first-order valence-electron chi connectivity index (χ1n) is 5.80. The van der Waals surface area contributed by atoms with Gasteiger partial charge in [0.05, 0.1) is 11.8 Å². The molecule has 0 radical (unpaired) electrons. The number of aliphatic carboxylic acids is 3. The predicted molar refractivity (Wildman–Crippen MR) is 58.8 cm³/mol. The van der Waals surface area contributed by atoms with Gasteiger partial charge in [0.25, 0.3) is 0 Å². The summed E-state index contributed by atoms with van der Waals surface area (Å²) < 4.78 is 0. The van der Waals surface area contributed by atoms with E-state index in [4.69, 9.17) is 10.2 Å². The Morgan fingerprint density at radius 2 is 1.72 bits per heavy atom. The molecule has 3 N–H and O–H groups in total. The molecule has 2 rings (SSSR count). The van der Waals surface area contributed by atoms with Crippen LogP contribution in [0.2, 0.25) is 0 Å². The summed E-state index contributed by atoms with van der Waals surface area (Å²) in [5.74, 6) is -5.51. The molecule has 0 aromatic carbocycles. The van der Waals surface area contributed by atoms with Gasteiger partial charge in [0.2, 0.25) is 0 Å². The minimum Gasteiger partial charge on any atom is -0.481 e. The van der Waals surface area contributed by atoms with Crippen molar-refractivity contribution in [3.8, 4) is 0 Å². The molecule has 0 amide bonds. The average molecular weight is 254 g/mol. The first-order valence-corrected chi connectivity index (χ1v) is 5.80. The van der Waals surface area contributed by atoms with Crippen LogP contribution >= 0.6 is 0 Å². The molecule has 0 aliphatic heterocycles. The zero-order valence-corrected chi connectivity index (χ0v) is 9.57. The molecule has 2 aliphatic carbocycles. The van der Waals surface area contributed by atoms with Gasteiger partial charge < -0.3 is 15.3 Å². The number of carbonyl (C=O) groups is 3. The molecule has 2 aliphatic rings. The molecule has 98 valence electrons. The van der Waals surface area contributed by atoms with E-state index in [0.717, 1.165) is 0 Å². The number of allylic oxidation sites excluding steroid dienone is 1. The molecule has 18 heavy (non-hydrogen) atoms. The Bertz CT molecular complexity index is 438. The number of fused-ring (bicyclic) bond motifs is 2. The third-order valence-corrected chi connectivity index (χ3v) is 3.99. The minimum atomic E-state index is -1.14. The molecule has 6 nitrogen and oxygen atoms in total. The van der Waals surface area contributed by atoms with Gasteiger partial charge in [-0.25, -0.2) is 4.79 Å². The van der Waals surface area contributed by atoms with Crippen LogP contribution in [0.3, 0.4) is 0 Å². The molecule has 0 heterocycles. The summed E-state index contributed by atoms with van der Waals surface area (Å²) in [6.45, 7) is 0. The van der Waals surface area contributed by atoms with Crippen molar-refractivity contribution in [2.75, 3.05) is 0 Å². The summed E-state index contributed by atoms with van der Waals surface area (Å²) in [4.78, 5) is 33.4. The van der Waals surface area contributed by atoms with Crippen LogP contribution in [0.15, 0.2) is 11.6 Å². The van der Waals surface area contributed by atoms with Gasteiger partial charge in [-0.2, -0.15) is 0 Å². The lowest BCUT2D eigenvalue weighted by Gasteiger charge is -2.41. The first kappa shape index (κ1) is 12.6. The standard InChI is InChI=1S/C12H14O6/c13-10(14)6-3-5-1-2-7(11(15)16)8(4-6)9(5)12(17)18/h2,5-6,8-9H,1,3-4H2,(H,13,14)(H,15,16)(H,17,18). The largest absolute Gasteiger partial charge is 0.481 e. The summed E-state index contributed by atoms with van der Waals surface area (Å²) >= 11 is 0. The number of carboxylic acids is 3. The molecule has 4 unspecified atom stereocenters. The fourth-order valence-electron chi connectivity index (χ4n) is 3.20. The van der Waals surface area contributed by atoms with Gasteiger partial charge in [-0.05, 0) is 25.2 Å². The Balaban J connectivity index is 2.35. The number of hydrogen-bond acceptors (Lipinski definition) is 3. The van der Waals surface area contributed by atoms with Crippen LogP contribution in [0.25, 0.3) is 0 Å². The summed E-state index contributed by atoms with van der Waals surface area (Å²) in [5.41, 5.74) is 0.0598. The SMILES string of the molecule is O=C(O)C1=CCC2CC(C(=O)O)CC1C2C(=O)O. The maximum Gasteiger partial charge on any atom is 0.331 e. The van der Waals surface area contributed by atoms with Crippen molar-refractivity contribution in [2.45, 2.75) is 19.3 Å². The molecular formula is C12H14O6. The van der Waals surface area contributed by atoms with Crippen molar-refractivity contribution in [3.05, 3.63) is 11.6 Å². The number of carboxylic acid groups (broad SMARTS) is 3. The van der Waals surface area contributed by atoms with Gasteiger partial charge in [0.15, 0.2) is 0 Å². The van der Waals surface area contributed by atoms with Crippen LogP contribution in [0.4, 0.5) is 0 Å². The van der Waals surface area contributed by atoms with E-state index in [2.05, 4.69) is 0 Å². The van der Waals surface area contributed by atoms with Crippen LogP contribution in [-0.2, 0) is 14.4 Å². The Morgan fingerprint density at radius 1 is 1.06 bits per heavy atom. The van der Waals surface area contributed by atoms with Gasteiger partial charge in [-0.1, -0.05) is 6.08 Å². The van der Waals surface area contributed by atoms with Gasteiger partial charge in [0, 0.05) is 11.5 Å². The Morgan fingerprint density at radius 3 is 2.22 bits per heavy atom. The summed E-state index contributed by atoms with van der Waals surface area (Å²) in [5, 5.41) is 27.3. The second kappa shape index (κ2) is 4.44. The Hall–Kier alpha value is -1.85. The molecular weight excluding hydrogens is 240 g/mol. The van der Waals surface area contributed by atoms with Gasteiger partial charge in [-0.15, -0.1) is 0 Å². The average Bonchev–Trinajstić information content (AvgIpc) is 2.26. The maximum atomic E-state index is 11.2. The molecule has 2 bridgehead atoms. The second-order valence-electron chi connectivity index (χ2n) is 4.94. The third-order valence-electron chi connectivity index (χ3n) is 3.99. The summed E-state index contributed by atoms with van der Waals surface area (Å²) in [6, 6.07) is 0. The second-order valence-corrected chi connectivity index (χ2v) is 4.94. The molecule has 0 aromatic rings. The third kappa shape index (κ3) is 1.98. The highest BCUT2D eigenvalue weighted by atomic mass is 16.4. The van der Waals surface area contributed by atoms with Crippen molar-refractivity contribution in [3.63, 3.8) is 0 Å². The summed E-state index contributed by atoms with van der Waals surface area (Å²) in [7, 11) is 0. The van der Waals surface area contributed by atoms with Gasteiger partial charge in [0.1, 0.15) is 0 Å². The Labute approximate surface area is 103 Å². The molecule has 1 saturated carbocycles. The van der Waals surface area contributed by atoms with E-state index in [9.17, 15) is 19.5 Å². The Kier molecular flexibility index (Phi) is 3.11. The van der Waals surface area contributed by atoms with E-state index < -0.39 is 35.7 Å². The lowest BCUT2D eigenvalue weighted by atomic mass is 9.61. The number of hydrogen-bond donors (Lipinski definition) is 3. The highest BCUT2D eigenvalue weighted by Gasteiger charge is 2.48. The van der Waals surface area contributed by atoms with Crippen molar-refractivity contribution in [1.82, 2.24) is 0 Å². The van der Waals surface area contributed by atoms with Crippen molar-refractivity contribution in [2.24, 2.45) is 23.7 Å². The van der Waals surface area contributed by atoms with Crippen LogP contribution in [0.1, 0.15) is 19.3 Å². The quantitative estimate of drug-likeness (QED) is 0.687. The van der Waals surface area contributed by atoms with Gasteiger partial charge in [-0.3, -0.25) is 9.59 Å². The highest BCUT2D eigenvalue weighted by Crippen LogP contribution is 2.47. The predicted octanol–water partition coefficient (Wildman–Crippen LogP) is 0.829. The normalized spacial score (nSPS) is 34.6. The van der Waals surface area contributed by atoms with Gasteiger partial charge >= 0.3 is 17.9 Å². The molecule has 4 atom stereocenters. The van der Waals surface area contributed by atoms with Crippen molar-refractivity contribution >= 4 is 17.9 Å². The molecule has 6 heteroatoms. The smallest absolute Gasteiger partial charge is 0.331 e. The molecule has 0 saturated heterocycles. The van der Waals surface area contributed by atoms with Crippen molar-refractivity contribution < 1.29 is 29.7 Å². The first-order chi connectivity index (χ1) is 8.41. The number of rotatable bonds is 3. The van der Waals surface area contributed by atoms with Crippen LogP contribution < -0.4 is 0 Å². The van der Waals surface area contributed by atoms with E-state index in [1.807, 2.05) is 0 Å². The maximum absolute atomic E-state index is 11.2. The van der Waals surface area contributed by atoms with Crippen LogP contribution in [0.5, 0.6) is 0 Å². The highest BCUT2D eigenvalue weighted by molar-refractivity contribution is 5.89. The van der Waals surface area contributed by atoms with E-state index >= 15 is 0 Å². The lowest BCUT2D eigenvalue weighted by molar-refractivity contribution is -0.154. The van der Waals surface area contributed by atoms with E-state index in [1.165, 1.54) is 0 Å². The van der Waals surface area contributed by atoms with Crippen molar-refractivity contribution in [1.29, 1.82) is 0 Å². The van der Waals surface area contributed by atoms with Crippen LogP contribution in [-0.4, -0.2) is 33.2 Å². The van der Waals surface area contributed by atoms with E-state index in [0.29, 0.717) is 12.8 Å². The van der Waals surface area contributed by atoms with E-state index in [-0.39, 0.29) is 17.9 Å². The summed E-state index contributed by atoms with van der Waals surface area (Å²) in [6.07, 6.45) is 2.29. The molecule has 1 fully saturated rings. The lowest BCUT2D eigenvalue weighted by Crippen LogP contribution is -2.43. The fraction of sp³-hybridized carbons (Fsp3) is 0.583. The zero-order valence-electron chi connectivity index (χ0n) is 9.57.